The lowest BCUT2D eigenvalue weighted by Gasteiger charge is -2.34. The number of nitrogens with zero attached hydrogens (tertiary/aromatic N) is 2. The Morgan fingerprint density at radius 3 is 1.17 bits per heavy atom. The Morgan fingerprint density at radius 2 is 1.17 bits per heavy atom. The summed E-state index contributed by atoms with van der Waals surface area (Å²) in [5.41, 5.74) is 0. The van der Waals surface area contributed by atoms with Crippen molar-refractivity contribution in [3.05, 3.63) is 0 Å². The van der Waals surface area contributed by atoms with Gasteiger partial charge in [0.05, 0.1) is 26.2 Å². The van der Waals surface area contributed by atoms with Gasteiger partial charge in [0.1, 0.15) is 0 Å². The first-order valence-electron chi connectivity index (χ1n) is 4.52. The minimum atomic E-state index is 0.500. The molecule has 0 aliphatic heterocycles. The van der Waals surface area contributed by atoms with E-state index in [4.69, 9.17) is 10.4 Å². The standard InChI is InChI=1S/C8H20N.CHNO/c1-5-9(6-2,7-3)8-4;2-1-3/h5-8H2,1-4H3;3H/q+1;/p-1. The van der Waals surface area contributed by atoms with Crippen molar-refractivity contribution in [3.8, 4) is 6.26 Å². The normalized spacial score (nSPS) is 9.58. The molecule has 3 heteroatoms. The van der Waals surface area contributed by atoms with Crippen LogP contribution in [0, 0.1) is 11.5 Å². The summed E-state index contributed by atoms with van der Waals surface area (Å²) in [6.07, 6.45) is 0.500. The summed E-state index contributed by atoms with van der Waals surface area (Å²) >= 11 is 0. The highest BCUT2D eigenvalue weighted by atomic mass is 16.2. The van der Waals surface area contributed by atoms with Gasteiger partial charge in [-0.25, -0.2) is 5.26 Å². The molecule has 0 N–H and O–H groups in total. The summed E-state index contributed by atoms with van der Waals surface area (Å²) in [6.45, 7) is 14.2. The molecule has 0 heterocycles. The van der Waals surface area contributed by atoms with Crippen LogP contribution in [0.15, 0.2) is 0 Å². The molecule has 12 heavy (non-hydrogen) atoms. The molecule has 0 amide bonds. The van der Waals surface area contributed by atoms with Crippen molar-refractivity contribution >= 4 is 0 Å². The Labute approximate surface area is 75.8 Å². The molecule has 0 bridgehead atoms. The molecule has 0 fully saturated rings. The van der Waals surface area contributed by atoms with Crippen molar-refractivity contribution in [1.29, 1.82) is 5.26 Å². The van der Waals surface area contributed by atoms with E-state index in [0.29, 0.717) is 6.26 Å². The molecule has 3 nitrogen and oxygen atoms in total. The van der Waals surface area contributed by atoms with Crippen molar-refractivity contribution in [2.24, 2.45) is 0 Å². The minimum Gasteiger partial charge on any atom is -0.812 e. The molecular formula is C9H20N2O. The highest BCUT2D eigenvalue weighted by Crippen LogP contribution is 2.03. The third kappa shape index (κ3) is 4.97. The number of hydrogen-bond acceptors (Lipinski definition) is 2. The Morgan fingerprint density at radius 1 is 1.00 bits per heavy atom. The van der Waals surface area contributed by atoms with Crippen molar-refractivity contribution < 1.29 is 9.59 Å². The van der Waals surface area contributed by atoms with Crippen molar-refractivity contribution in [1.82, 2.24) is 0 Å². The lowest BCUT2D eigenvalue weighted by Crippen LogP contribution is -2.47. The van der Waals surface area contributed by atoms with Gasteiger partial charge in [-0.3, -0.25) is 0 Å². The summed E-state index contributed by atoms with van der Waals surface area (Å²) < 4.78 is 1.28. The van der Waals surface area contributed by atoms with E-state index in [1.807, 2.05) is 0 Å². The smallest absolute Gasteiger partial charge is 0.0757 e. The summed E-state index contributed by atoms with van der Waals surface area (Å²) in [5, 5.41) is 15.0. The van der Waals surface area contributed by atoms with Gasteiger partial charge in [-0.15, -0.1) is 0 Å². The van der Waals surface area contributed by atoms with Crippen LogP contribution in [0.4, 0.5) is 0 Å². The Balaban J connectivity index is 0. The zero-order valence-electron chi connectivity index (χ0n) is 8.63. The van der Waals surface area contributed by atoms with Gasteiger partial charge in [0.25, 0.3) is 0 Å². The maximum Gasteiger partial charge on any atom is 0.0757 e. The van der Waals surface area contributed by atoms with E-state index in [9.17, 15) is 0 Å². The Bertz CT molecular complexity index is 107. The Hall–Kier alpha value is -0.750. The van der Waals surface area contributed by atoms with Gasteiger partial charge in [-0.05, 0) is 27.7 Å². The molecule has 0 aliphatic carbocycles. The highest BCUT2D eigenvalue weighted by Gasteiger charge is 2.16. The fourth-order valence-electron chi connectivity index (χ4n) is 1.34. The number of hydrogen-bond donors (Lipinski definition) is 0. The van der Waals surface area contributed by atoms with Gasteiger partial charge >= 0.3 is 0 Å². The molecule has 0 aromatic carbocycles. The van der Waals surface area contributed by atoms with Crippen LogP contribution in [0.5, 0.6) is 0 Å². The summed E-state index contributed by atoms with van der Waals surface area (Å²) in [4.78, 5) is 0. The van der Waals surface area contributed by atoms with Crippen molar-refractivity contribution in [2.75, 3.05) is 26.2 Å². The molecule has 72 valence electrons. The van der Waals surface area contributed by atoms with Crippen molar-refractivity contribution in [3.63, 3.8) is 0 Å². The highest BCUT2D eigenvalue weighted by molar-refractivity contribution is 4.31. The van der Waals surface area contributed by atoms with Crippen LogP contribution in [-0.4, -0.2) is 30.7 Å². The monoisotopic (exact) mass is 172 g/mol. The van der Waals surface area contributed by atoms with Gasteiger partial charge in [-0.2, -0.15) is 0 Å². The summed E-state index contributed by atoms with van der Waals surface area (Å²) in [5.74, 6) is 0. The summed E-state index contributed by atoms with van der Waals surface area (Å²) in [7, 11) is 0. The maximum atomic E-state index is 8.24. The van der Waals surface area contributed by atoms with E-state index >= 15 is 0 Å². The van der Waals surface area contributed by atoms with E-state index in [1.54, 1.807) is 0 Å². The molecular weight excluding hydrogens is 152 g/mol. The first-order valence-corrected chi connectivity index (χ1v) is 4.52. The third-order valence-electron chi connectivity index (χ3n) is 2.68. The lowest BCUT2D eigenvalue weighted by molar-refractivity contribution is -0.921. The number of nitriles is 1. The van der Waals surface area contributed by atoms with Crippen LogP contribution >= 0.6 is 0 Å². The number of quaternary nitrogens is 1. The van der Waals surface area contributed by atoms with E-state index in [-0.39, 0.29) is 0 Å². The largest absolute Gasteiger partial charge is 0.812 e. The SMILES string of the molecule is CC[N+](CC)(CC)CC.N#C[O-]. The van der Waals surface area contributed by atoms with Gasteiger partial charge < -0.3 is 9.59 Å². The van der Waals surface area contributed by atoms with Gasteiger partial charge in [0.2, 0.25) is 0 Å². The zero-order chi connectivity index (χ0) is 10.0. The molecule has 0 saturated carbocycles. The second kappa shape index (κ2) is 8.35. The Kier molecular flexibility index (Phi) is 9.61. The first-order chi connectivity index (χ1) is 5.66. The fraction of sp³-hybridized carbons (Fsp3) is 0.889. The van der Waals surface area contributed by atoms with Crippen LogP contribution in [0.1, 0.15) is 27.7 Å². The second-order valence-electron chi connectivity index (χ2n) is 2.70. The average Bonchev–Trinajstić information content (AvgIpc) is 2.11. The molecule has 0 unspecified atom stereocenters. The molecule has 0 rings (SSSR count). The second-order valence-corrected chi connectivity index (χ2v) is 2.70. The predicted octanol–water partition coefficient (Wildman–Crippen LogP) is 0.711. The molecule has 0 saturated heterocycles. The van der Waals surface area contributed by atoms with Crippen LogP contribution < -0.4 is 5.11 Å². The van der Waals surface area contributed by atoms with Gasteiger partial charge in [0, 0.05) is 6.26 Å². The molecule has 0 aliphatic rings. The summed E-state index contributed by atoms with van der Waals surface area (Å²) in [6, 6.07) is 0. The van der Waals surface area contributed by atoms with E-state index in [0.717, 1.165) is 0 Å². The van der Waals surface area contributed by atoms with Crippen molar-refractivity contribution in [2.45, 2.75) is 27.7 Å². The van der Waals surface area contributed by atoms with Crippen LogP contribution in [0.25, 0.3) is 0 Å². The van der Waals surface area contributed by atoms with Crippen LogP contribution in [-0.2, 0) is 0 Å². The molecule has 0 atom stereocenters. The molecule has 0 aromatic heterocycles. The van der Waals surface area contributed by atoms with Crippen LogP contribution in [0.3, 0.4) is 0 Å². The minimum absolute atomic E-state index is 0.500. The molecule has 0 aromatic rings. The zero-order valence-corrected chi connectivity index (χ0v) is 8.63. The molecule has 0 spiro atoms. The average molecular weight is 172 g/mol. The van der Waals surface area contributed by atoms with Gasteiger partial charge in [0.15, 0.2) is 0 Å². The predicted molar refractivity (Wildman–Crippen MR) is 48.0 cm³/mol. The van der Waals surface area contributed by atoms with E-state index < -0.39 is 0 Å². The van der Waals surface area contributed by atoms with Gasteiger partial charge in [-0.1, -0.05) is 0 Å². The quantitative estimate of drug-likeness (QED) is 0.463. The van der Waals surface area contributed by atoms with Crippen LogP contribution in [0.2, 0.25) is 0 Å². The van der Waals surface area contributed by atoms with E-state index in [2.05, 4.69) is 27.7 Å². The first kappa shape index (κ1) is 13.8. The molecule has 0 radical (unpaired) electrons. The third-order valence-corrected chi connectivity index (χ3v) is 2.68. The maximum absolute atomic E-state index is 8.24. The fourth-order valence-corrected chi connectivity index (χ4v) is 1.34. The lowest BCUT2D eigenvalue weighted by atomic mass is 10.3. The van der Waals surface area contributed by atoms with E-state index in [1.165, 1.54) is 30.7 Å². The number of rotatable bonds is 4. The topological polar surface area (TPSA) is 46.8 Å².